The Morgan fingerprint density at radius 1 is 1.20 bits per heavy atom. The molecule has 0 spiro atoms. The van der Waals surface area contributed by atoms with Crippen molar-refractivity contribution < 1.29 is 14.7 Å². The van der Waals surface area contributed by atoms with Gasteiger partial charge in [0.15, 0.2) is 0 Å². The van der Waals surface area contributed by atoms with Gasteiger partial charge in [-0.2, -0.15) is 0 Å². The van der Waals surface area contributed by atoms with Crippen LogP contribution in [0.1, 0.15) is 32.8 Å². The average molecular weight is 277 g/mol. The van der Waals surface area contributed by atoms with Gasteiger partial charge in [-0.15, -0.1) is 0 Å². The highest BCUT2D eigenvalue weighted by Gasteiger charge is 2.26. The van der Waals surface area contributed by atoms with E-state index >= 15 is 0 Å². The number of hydrogen-bond donors (Lipinski definition) is 2. The third-order valence-corrected chi connectivity index (χ3v) is 3.46. The van der Waals surface area contributed by atoms with E-state index in [1.54, 1.807) is 6.92 Å². The number of rotatable bonds is 7. The molecule has 0 radical (unpaired) electrons. The Hall–Kier alpha value is -1.84. The van der Waals surface area contributed by atoms with Crippen molar-refractivity contribution in [3.05, 3.63) is 35.9 Å². The predicted octanol–water partition coefficient (Wildman–Crippen LogP) is 2.48. The van der Waals surface area contributed by atoms with Gasteiger partial charge in [0.2, 0.25) is 5.91 Å². The SMILES string of the molecule is CCC(NC(=O)C(Cc1ccccc1)C(C)C)C(=O)O. The number of carboxylic acid groups (broad SMARTS) is 1. The van der Waals surface area contributed by atoms with Crippen molar-refractivity contribution in [1.82, 2.24) is 5.32 Å². The minimum Gasteiger partial charge on any atom is -0.480 e. The van der Waals surface area contributed by atoms with Crippen molar-refractivity contribution >= 4 is 11.9 Å². The normalized spacial score (nSPS) is 13.8. The monoisotopic (exact) mass is 277 g/mol. The van der Waals surface area contributed by atoms with Gasteiger partial charge in [0, 0.05) is 5.92 Å². The Bertz CT molecular complexity index is 442. The molecular weight excluding hydrogens is 254 g/mol. The molecule has 0 saturated heterocycles. The van der Waals surface area contributed by atoms with E-state index in [0.29, 0.717) is 12.8 Å². The Kier molecular flexibility index (Phi) is 6.22. The maximum Gasteiger partial charge on any atom is 0.326 e. The molecular formula is C16H23NO3. The van der Waals surface area contributed by atoms with Gasteiger partial charge in [-0.1, -0.05) is 51.1 Å². The smallest absolute Gasteiger partial charge is 0.326 e. The molecule has 0 saturated carbocycles. The first-order valence-corrected chi connectivity index (χ1v) is 7.02. The minimum absolute atomic E-state index is 0.154. The molecule has 1 aromatic rings. The van der Waals surface area contributed by atoms with E-state index in [-0.39, 0.29) is 17.7 Å². The quantitative estimate of drug-likeness (QED) is 0.804. The molecule has 2 atom stereocenters. The molecule has 2 N–H and O–H groups in total. The number of nitrogens with one attached hydrogen (secondary N) is 1. The van der Waals surface area contributed by atoms with Crippen molar-refractivity contribution in [3.63, 3.8) is 0 Å². The zero-order valence-corrected chi connectivity index (χ0v) is 12.3. The van der Waals surface area contributed by atoms with Crippen molar-refractivity contribution in [2.75, 3.05) is 0 Å². The minimum atomic E-state index is -0.983. The summed E-state index contributed by atoms with van der Waals surface area (Å²) in [6.45, 7) is 5.71. The van der Waals surface area contributed by atoms with Crippen LogP contribution in [0.15, 0.2) is 30.3 Å². The topological polar surface area (TPSA) is 66.4 Å². The van der Waals surface area contributed by atoms with Crippen LogP contribution in [0.25, 0.3) is 0 Å². The number of carboxylic acids is 1. The first kappa shape index (κ1) is 16.2. The van der Waals surface area contributed by atoms with Gasteiger partial charge in [0.05, 0.1) is 0 Å². The molecule has 0 aliphatic rings. The highest BCUT2D eigenvalue weighted by atomic mass is 16.4. The van der Waals surface area contributed by atoms with E-state index in [2.05, 4.69) is 5.32 Å². The van der Waals surface area contributed by atoms with Gasteiger partial charge in [-0.05, 0) is 24.3 Å². The zero-order chi connectivity index (χ0) is 15.1. The second-order valence-corrected chi connectivity index (χ2v) is 5.35. The maximum absolute atomic E-state index is 12.3. The van der Waals surface area contributed by atoms with Gasteiger partial charge in [-0.3, -0.25) is 4.79 Å². The summed E-state index contributed by atoms with van der Waals surface area (Å²) >= 11 is 0. The van der Waals surface area contributed by atoms with Crippen LogP contribution in [0.3, 0.4) is 0 Å². The molecule has 20 heavy (non-hydrogen) atoms. The second-order valence-electron chi connectivity index (χ2n) is 5.35. The summed E-state index contributed by atoms with van der Waals surface area (Å²) in [7, 11) is 0. The lowest BCUT2D eigenvalue weighted by Crippen LogP contribution is -2.44. The van der Waals surface area contributed by atoms with Crippen LogP contribution in [-0.4, -0.2) is 23.0 Å². The van der Waals surface area contributed by atoms with Crippen LogP contribution < -0.4 is 5.32 Å². The summed E-state index contributed by atoms with van der Waals surface area (Å²) in [6, 6.07) is 8.98. The van der Waals surface area contributed by atoms with E-state index in [4.69, 9.17) is 5.11 Å². The van der Waals surface area contributed by atoms with Crippen molar-refractivity contribution in [2.45, 2.75) is 39.7 Å². The fraction of sp³-hybridized carbons (Fsp3) is 0.500. The molecule has 0 aromatic heterocycles. The Balaban J connectivity index is 2.75. The zero-order valence-electron chi connectivity index (χ0n) is 12.3. The van der Waals surface area contributed by atoms with Gasteiger partial charge in [-0.25, -0.2) is 4.79 Å². The van der Waals surface area contributed by atoms with Crippen LogP contribution in [-0.2, 0) is 16.0 Å². The lowest BCUT2D eigenvalue weighted by atomic mass is 9.88. The van der Waals surface area contributed by atoms with Crippen LogP contribution >= 0.6 is 0 Å². The predicted molar refractivity (Wildman–Crippen MR) is 78.3 cm³/mol. The first-order valence-electron chi connectivity index (χ1n) is 7.02. The van der Waals surface area contributed by atoms with Gasteiger partial charge >= 0.3 is 5.97 Å². The standard InChI is InChI=1S/C16H23NO3/c1-4-14(16(19)20)17-15(18)13(11(2)3)10-12-8-6-5-7-9-12/h5-9,11,13-14H,4,10H2,1-3H3,(H,17,18)(H,19,20). The van der Waals surface area contributed by atoms with E-state index < -0.39 is 12.0 Å². The molecule has 4 heteroatoms. The molecule has 0 heterocycles. The summed E-state index contributed by atoms with van der Waals surface area (Å²) in [5, 5.41) is 11.6. The molecule has 0 aliphatic carbocycles. The summed E-state index contributed by atoms with van der Waals surface area (Å²) in [4.78, 5) is 23.3. The fourth-order valence-corrected chi connectivity index (χ4v) is 2.12. The highest BCUT2D eigenvalue weighted by Crippen LogP contribution is 2.18. The van der Waals surface area contributed by atoms with Crippen LogP contribution in [0.2, 0.25) is 0 Å². The van der Waals surface area contributed by atoms with E-state index in [1.165, 1.54) is 0 Å². The number of hydrogen-bond acceptors (Lipinski definition) is 2. The maximum atomic E-state index is 12.3. The van der Waals surface area contributed by atoms with Crippen molar-refractivity contribution in [3.8, 4) is 0 Å². The number of carbonyl (C=O) groups excluding carboxylic acids is 1. The highest BCUT2D eigenvalue weighted by molar-refractivity contribution is 5.85. The Morgan fingerprint density at radius 3 is 2.25 bits per heavy atom. The summed E-state index contributed by atoms with van der Waals surface area (Å²) in [5.74, 6) is -1.23. The molecule has 0 bridgehead atoms. The number of amides is 1. The third-order valence-electron chi connectivity index (χ3n) is 3.46. The number of aliphatic carboxylic acids is 1. The van der Waals surface area contributed by atoms with Crippen LogP contribution in [0.4, 0.5) is 0 Å². The molecule has 0 fully saturated rings. The van der Waals surface area contributed by atoms with Crippen molar-refractivity contribution in [1.29, 1.82) is 0 Å². The molecule has 1 rings (SSSR count). The van der Waals surface area contributed by atoms with E-state index in [1.807, 2.05) is 44.2 Å². The second kappa shape index (κ2) is 7.68. The summed E-state index contributed by atoms with van der Waals surface area (Å²) in [6.07, 6.45) is 1.01. The molecule has 0 aliphatic heterocycles. The first-order chi connectivity index (χ1) is 9.45. The third kappa shape index (κ3) is 4.68. The largest absolute Gasteiger partial charge is 0.480 e. The van der Waals surface area contributed by atoms with E-state index in [0.717, 1.165) is 5.56 Å². The number of carbonyl (C=O) groups is 2. The molecule has 4 nitrogen and oxygen atoms in total. The lowest BCUT2D eigenvalue weighted by molar-refractivity contribution is -0.142. The summed E-state index contributed by atoms with van der Waals surface area (Å²) < 4.78 is 0. The van der Waals surface area contributed by atoms with Crippen LogP contribution in [0.5, 0.6) is 0 Å². The van der Waals surface area contributed by atoms with Crippen LogP contribution in [0, 0.1) is 11.8 Å². The van der Waals surface area contributed by atoms with E-state index in [9.17, 15) is 9.59 Å². The molecule has 1 amide bonds. The van der Waals surface area contributed by atoms with Gasteiger partial charge in [0.25, 0.3) is 0 Å². The van der Waals surface area contributed by atoms with Gasteiger partial charge < -0.3 is 10.4 Å². The lowest BCUT2D eigenvalue weighted by Gasteiger charge is -2.22. The summed E-state index contributed by atoms with van der Waals surface area (Å²) in [5.41, 5.74) is 1.09. The Labute approximate surface area is 120 Å². The molecule has 2 unspecified atom stereocenters. The average Bonchev–Trinajstić information content (AvgIpc) is 2.42. The number of benzene rings is 1. The molecule has 1 aromatic carbocycles. The van der Waals surface area contributed by atoms with Gasteiger partial charge in [0.1, 0.15) is 6.04 Å². The molecule has 110 valence electrons. The fourth-order valence-electron chi connectivity index (χ4n) is 2.12. The van der Waals surface area contributed by atoms with Crippen molar-refractivity contribution in [2.24, 2.45) is 11.8 Å². The Morgan fingerprint density at radius 2 is 1.80 bits per heavy atom.